The molecule has 2 nitrogen and oxygen atoms in total. The number of benzene rings is 1. The molecule has 0 atom stereocenters. The zero-order valence-corrected chi connectivity index (χ0v) is 9.97. The first-order chi connectivity index (χ1) is 7.11. The van der Waals surface area contributed by atoms with Gasteiger partial charge in [0.15, 0.2) is 0 Å². The summed E-state index contributed by atoms with van der Waals surface area (Å²) in [6.45, 7) is 1.33. The molecule has 1 rings (SSSR count). The molecule has 82 valence electrons. The van der Waals surface area contributed by atoms with Crippen LogP contribution in [0.4, 0.5) is 4.39 Å². The lowest BCUT2D eigenvalue weighted by molar-refractivity contribution is 0.0694. The van der Waals surface area contributed by atoms with Gasteiger partial charge in [-0.25, -0.2) is 4.79 Å². The second-order valence-corrected chi connectivity index (χ2v) is 4.01. The van der Waals surface area contributed by atoms with Crippen LogP contribution in [0, 0.1) is 0 Å². The molecule has 15 heavy (non-hydrogen) atoms. The highest BCUT2D eigenvalue weighted by Gasteiger charge is 2.16. The summed E-state index contributed by atoms with van der Waals surface area (Å²) in [4.78, 5) is 11.1. The fraction of sp³-hybridized carbons (Fsp3) is 0.364. The van der Waals surface area contributed by atoms with Crippen LogP contribution in [0.1, 0.15) is 28.4 Å². The highest BCUT2D eigenvalue weighted by atomic mass is 79.9. The van der Waals surface area contributed by atoms with E-state index in [2.05, 4.69) is 15.9 Å². The van der Waals surface area contributed by atoms with Crippen molar-refractivity contribution in [3.8, 4) is 0 Å². The number of rotatable bonds is 4. The summed E-state index contributed by atoms with van der Waals surface area (Å²) in [5.74, 6) is -0.989. The maximum atomic E-state index is 12.3. The fourth-order valence-corrected chi connectivity index (χ4v) is 2.10. The molecular weight excluding hydrogens is 263 g/mol. The normalized spacial score (nSPS) is 10.3. The quantitative estimate of drug-likeness (QED) is 0.916. The molecule has 4 heteroatoms. The van der Waals surface area contributed by atoms with E-state index in [-0.39, 0.29) is 12.0 Å². The average Bonchev–Trinajstić information content (AvgIpc) is 2.20. The van der Waals surface area contributed by atoms with Gasteiger partial charge in [-0.1, -0.05) is 28.9 Å². The van der Waals surface area contributed by atoms with Crippen LogP contribution in [0.25, 0.3) is 0 Å². The predicted octanol–water partition coefficient (Wildman–Crippen LogP) is 3.22. The van der Waals surface area contributed by atoms with Gasteiger partial charge in [0.1, 0.15) is 0 Å². The Bertz CT molecular complexity index is 377. The first-order valence-electron chi connectivity index (χ1n) is 4.71. The monoisotopic (exact) mass is 274 g/mol. The Hall–Kier alpha value is -0.900. The van der Waals surface area contributed by atoms with Crippen molar-refractivity contribution < 1.29 is 14.3 Å². The van der Waals surface area contributed by atoms with E-state index in [1.54, 1.807) is 12.1 Å². The molecule has 0 saturated carbocycles. The van der Waals surface area contributed by atoms with Crippen molar-refractivity contribution in [1.82, 2.24) is 0 Å². The van der Waals surface area contributed by atoms with E-state index in [1.807, 2.05) is 6.92 Å². The molecule has 1 aromatic carbocycles. The molecule has 0 spiro atoms. The molecule has 0 bridgehead atoms. The number of hydrogen-bond acceptors (Lipinski definition) is 1. The molecule has 1 aromatic rings. The third-order valence-electron chi connectivity index (χ3n) is 2.28. The average molecular weight is 275 g/mol. The number of aromatic carboxylic acids is 1. The molecule has 1 N–H and O–H groups in total. The van der Waals surface area contributed by atoms with E-state index in [0.717, 1.165) is 5.56 Å². The maximum absolute atomic E-state index is 12.3. The lowest BCUT2D eigenvalue weighted by Gasteiger charge is -2.11. The Kier molecular flexibility index (Phi) is 4.27. The summed E-state index contributed by atoms with van der Waals surface area (Å²) in [7, 11) is 0. The van der Waals surface area contributed by atoms with Crippen molar-refractivity contribution in [2.24, 2.45) is 0 Å². The summed E-state index contributed by atoms with van der Waals surface area (Å²) >= 11 is 3.25. The van der Waals surface area contributed by atoms with Gasteiger partial charge in [0.05, 0.1) is 12.2 Å². The largest absolute Gasteiger partial charge is 0.478 e. The van der Waals surface area contributed by atoms with Gasteiger partial charge in [0, 0.05) is 10.9 Å². The second-order valence-electron chi connectivity index (χ2n) is 3.16. The predicted molar refractivity (Wildman–Crippen MR) is 60.2 cm³/mol. The lowest BCUT2D eigenvalue weighted by Crippen LogP contribution is -2.08. The van der Waals surface area contributed by atoms with Gasteiger partial charge in [-0.2, -0.15) is 0 Å². The third-order valence-corrected chi connectivity index (χ3v) is 3.02. The van der Waals surface area contributed by atoms with Gasteiger partial charge >= 0.3 is 5.97 Å². The van der Waals surface area contributed by atoms with Crippen LogP contribution in [0.2, 0.25) is 0 Å². The van der Waals surface area contributed by atoms with Gasteiger partial charge < -0.3 is 5.11 Å². The highest BCUT2D eigenvalue weighted by Crippen LogP contribution is 2.25. The molecule has 0 fully saturated rings. The molecule has 0 radical (unpaired) electrons. The van der Waals surface area contributed by atoms with E-state index >= 15 is 0 Å². The number of alkyl halides is 1. The van der Waals surface area contributed by atoms with Gasteiger partial charge in [-0.05, 0) is 23.6 Å². The van der Waals surface area contributed by atoms with Gasteiger partial charge in [0.2, 0.25) is 0 Å². The van der Waals surface area contributed by atoms with Gasteiger partial charge in [-0.15, -0.1) is 0 Å². The molecule has 0 aliphatic carbocycles. The van der Waals surface area contributed by atoms with E-state index in [9.17, 15) is 9.18 Å². The van der Waals surface area contributed by atoms with Crippen LogP contribution in [0.3, 0.4) is 0 Å². The van der Waals surface area contributed by atoms with Gasteiger partial charge in [-0.3, -0.25) is 4.39 Å². The van der Waals surface area contributed by atoms with Crippen LogP contribution in [-0.2, 0) is 12.8 Å². The van der Waals surface area contributed by atoms with Crippen LogP contribution >= 0.6 is 15.9 Å². The summed E-state index contributed by atoms with van der Waals surface area (Å²) in [5, 5.41) is 9.09. The molecule has 0 amide bonds. The number of carboxylic acids is 1. The number of hydrogen-bond donors (Lipinski definition) is 1. The summed E-state index contributed by atoms with van der Waals surface area (Å²) in [6.07, 6.45) is 0.768. The van der Waals surface area contributed by atoms with Crippen molar-refractivity contribution in [3.63, 3.8) is 0 Å². The Labute approximate surface area is 96.2 Å². The van der Waals surface area contributed by atoms with Crippen LogP contribution in [0.15, 0.2) is 16.6 Å². The highest BCUT2D eigenvalue weighted by molar-refractivity contribution is 9.10. The first kappa shape index (κ1) is 12.2. The minimum atomic E-state index is -0.989. The Morgan fingerprint density at radius 3 is 2.67 bits per heavy atom. The molecule has 0 aromatic heterocycles. The summed E-state index contributed by atoms with van der Waals surface area (Å²) in [5.41, 5.74) is 1.53. The smallest absolute Gasteiger partial charge is 0.336 e. The Morgan fingerprint density at radius 1 is 1.53 bits per heavy atom. The topological polar surface area (TPSA) is 37.3 Å². The first-order valence-corrected chi connectivity index (χ1v) is 5.50. The zero-order valence-electron chi connectivity index (χ0n) is 8.39. The SMILES string of the molecule is CCc1ccc(Br)c(CCF)c1C(=O)O. The molecule has 0 heterocycles. The van der Waals surface area contributed by atoms with Crippen LogP contribution < -0.4 is 0 Å². The second kappa shape index (κ2) is 5.26. The third kappa shape index (κ3) is 2.56. The number of carboxylic acid groups (broad SMARTS) is 1. The number of halogens is 2. The van der Waals surface area contributed by atoms with E-state index in [0.29, 0.717) is 16.5 Å². The van der Waals surface area contributed by atoms with E-state index in [1.165, 1.54) is 0 Å². The van der Waals surface area contributed by atoms with Gasteiger partial charge in [0.25, 0.3) is 0 Å². The molecule has 0 aliphatic rings. The standard InChI is InChI=1S/C11H12BrFO2/c1-2-7-3-4-9(12)8(5-6-13)10(7)11(14)15/h3-4H,2,5-6H2,1H3,(H,14,15). The Balaban J connectivity index is 3.36. The maximum Gasteiger partial charge on any atom is 0.336 e. The molecular formula is C11H12BrFO2. The van der Waals surface area contributed by atoms with E-state index in [4.69, 9.17) is 5.11 Å². The van der Waals surface area contributed by atoms with Crippen molar-refractivity contribution in [3.05, 3.63) is 33.3 Å². The number of carbonyl (C=O) groups is 1. The van der Waals surface area contributed by atoms with Crippen molar-refractivity contribution in [2.75, 3.05) is 6.67 Å². The van der Waals surface area contributed by atoms with Crippen LogP contribution in [0.5, 0.6) is 0 Å². The fourth-order valence-electron chi connectivity index (χ4n) is 1.57. The van der Waals surface area contributed by atoms with E-state index < -0.39 is 12.6 Å². The molecule has 0 aliphatic heterocycles. The Morgan fingerprint density at radius 2 is 2.20 bits per heavy atom. The van der Waals surface area contributed by atoms with Crippen LogP contribution in [-0.4, -0.2) is 17.8 Å². The summed E-state index contributed by atoms with van der Waals surface area (Å²) in [6, 6.07) is 3.53. The van der Waals surface area contributed by atoms with Crippen molar-refractivity contribution in [1.29, 1.82) is 0 Å². The van der Waals surface area contributed by atoms with Crippen molar-refractivity contribution >= 4 is 21.9 Å². The molecule has 0 unspecified atom stereocenters. The minimum absolute atomic E-state index is 0.135. The molecule has 0 saturated heterocycles. The van der Waals surface area contributed by atoms with Crippen molar-refractivity contribution in [2.45, 2.75) is 19.8 Å². The lowest BCUT2D eigenvalue weighted by atomic mass is 9.97. The number of aryl methyl sites for hydroxylation is 1. The minimum Gasteiger partial charge on any atom is -0.478 e. The summed E-state index contributed by atoms with van der Waals surface area (Å²) < 4.78 is 13.0. The zero-order chi connectivity index (χ0) is 11.4.